The van der Waals surface area contributed by atoms with Crippen LogP contribution in [-0.2, 0) is 33.4 Å². The van der Waals surface area contributed by atoms with Gasteiger partial charge in [-0.3, -0.25) is 19.2 Å². The van der Waals surface area contributed by atoms with Gasteiger partial charge in [0.15, 0.2) is 0 Å². The van der Waals surface area contributed by atoms with Crippen molar-refractivity contribution in [2.45, 2.75) is 209 Å². The molecule has 13 heteroatoms. The number of aryl methyl sites for hydroxylation is 1. The van der Waals surface area contributed by atoms with Gasteiger partial charge in [0.1, 0.15) is 11.9 Å². The first-order chi connectivity index (χ1) is 29.0. The summed E-state index contributed by atoms with van der Waals surface area (Å²) >= 11 is 4.66. The quantitative estimate of drug-likeness (QED) is 0.172. The van der Waals surface area contributed by atoms with Gasteiger partial charge in [-0.1, -0.05) is 94.6 Å². The van der Waals surface area contributed by atoms with E-state index in [9.17, 15) is 19.2 Å². The number of ketones is 1. The fraction of sp³-hybridized carbons (Fsp3) is 0.820. The predicted octanol–water partition coefficient (Wildman–Crippen LogP) is 12.9. The molecule has 1 aromatic heterocycles. The fourth-order valence-corrected chi connectivity index (χ4v) is 8.50. The zero-order chi connectivity index (χ0) is 49.0. The van der Waals surface area contributed by atoms with E-state index in [1.807, 2.05) is 102 Å². The van der Waals surface area contributed by atoms with Gasteiger partial charge in [0, 0.05) is 40.6 Å². The standard InChI is InChI=1S/C30H55NO5S.C11H22O3S.C7H9NS.C2H6/c1-21-12-10-13-22(2)18-23(3)28(34)24(4)25(19-26(32)31-16-11-14-21)36-27(33)20-37-30(8,9)15-17-35-29(5,6)7;1-10(2,3)14-7-6-11(4,5)15-8-9(12)13;1-3-4-7-5-9-6(2)8-7;1-2/h21-25H,10-20H2,1-9H3,(H,31,32);6-8H2,1-5H3,(H,12,13);3-5H,1-2H3;1-2H3/b;;4-3-;. The molecule has 368 valence electrons. The first-order valence-electron chi connectivity index (χ1n) is 23.4. The summed E-state index contributed by atoms with van der Waals surface area (Å²) in [6.07, 6.45) is 11.3. The average molecular weight is 945 g/mol. The maximum absolute atomic E-state index is 13.3. The zero-order valence-electron chi connectivity index (χ0n) is 43.0. The molecule has 63 heavy (non-hydrogen) atoms. The van der Waals surface area contributed by atoms with Crippen molar-refractivity contribution in [1.82, 2.24) is 10.3 Å². The summed E-state index contributed by atoms with van der Waals surface area (Å²) in [6.45, 7) is 38.6. The molecule has 5 atom stereocenters. The second kappa shape index (κ2) is 32.7. The molecule has 1 aromatic rings. The Kier molecular flexibility index (Phi) is 32.8. The lowest BCUT2D eigenvalue weighted by Gasteiger charge is -2.28. The van der Waals surface area contributed by atoms with E-state index < -0.39 is 18.0 Å². The Labute approximate surface area is 397 Å². The summed E-state index contributed by atoms with van der Waals surface area (Å²) in [7, 11) is 0. The van der Waals surface area contributed by atoms with Crippen LogP contribution in [0.15, 0.2) is 11.5 Å². The molecule has 1 aliphatic rings. The van der Waals surface area contributed by atoms with Crippen molar-refractivity contribution in [2.75, 3.05) is 31.3 Å². The molecule has 2 N–H and O–H groups in total. The number of ether oxygens (including phenoxy) is 3. The van der Waals surface area contributed by atoms with E-state index >= 15 is 0 Å². The minimum atomic E-state index is -0.759. The van der Waals surface area contributed by atoms with E-state index in [-0.39, 0.29) is 62.2 Å². The highest BCUT2D eigenvalue weighted by Crippen LogP contribution is 2.31. The van der Waals surface area contributed by atoms with Gasteiger partial charge >= 0.3 is 11.9 Å². The van der Waals surface area contributed by atoms with E-state index in [1.54, 1.807) is 18.3 Å². The molecule has 0 saturated carbocycles. The van der Waals surface area contributed by atoms with Crippen molar-refractivity contribution >= 4 is 64.6 Å². The molecular weight excluding hydrogens is 853 g/mol. The Morgan fingerprint density at radius 2 is 1.35 bits per heavy atom. The van der Waals surface area contributed by atoms with Gasteiger partial charge < -0.3 is 24.6 Å². The van der Waals surface area contributed by atoms with Crippen LogP contribution in [0.3, 0.4) is 0 Å². The third-order valence-electron chi connectivity index (χ3n) is 10.1. The normalized spacial score (nSPS) is 21.1. The minimum absolute atomic E-state index is 0.0178. The topological polar surface area (TPSA) is 141 Å². The summed E-state index contributed by atoms with van der Waals surface area (Å²) < 4.78 is 17.1. The molecule has 0 aliphatic carbocycles. The van der Waals surface area contributed by atoms with E-state index in [2.05, 4.69) is 43.4 Å². The van der Waals surface area contributed by atoms with Crippen LogP contribution in [-0.4, -0.2) is 91.8 Å². The lowest BCUT2D eigenvalue weighted by Crippen LogP contribution is -2.39. The van der Waals surface area contributed by atoms with Crippen LogP contribution in [0, 0.1) is 30.6 Å². The number of thioether (sulfide) groups is 2. The molecule has 0 aromatic carbocycles. The summed E-state index contributed by atoms with van der Waals surface area (Å²) in [4.78, 5) is 53.5. The van der Waals surface area contributed by atoms with Crippen LogP contribution < -0.4 is 5.32 Å². The molecule has 10 nitrogen and oxygen atoms in total. The summed E-state index contributed by atoms with van der Waals surface area (Å²) in [6, 6.07) is 0. The first kappa shape index (κ1) is 63.2. The number of Topliss-reactive ketones (excluding diaryl/α,β-unsaturated/α-hetero) is 1. The highest BCUT2D eigenvalue weighted by atomic mass is 32.2. The number of aliphatic carboxylic acids is 1. The maximum Gasteiger partial charge on any atom is 0.316 e. The monoisotopic (exact) mass is 945 g/mol. The lowest BCUT2D eigenvalue weighted by molar-refractivity contribution is -0.152. The Bertz CT molecular complexity index is 1450. The van der Waals surface area contributed by atoms with Gasteiger partial charge in [0.05, 0.1) is 45.7 Å². The van der Waals surface area contributed by atoms with Crippen molar-refractivity contribution in [2.24, 2.45) is 23.7 Å². The van der Waals surface area contributed by atoms with Gasteiger partial charge in [-0.15, -0.1) is 34.9 Å². The molecule has 5 unspecified atom stereocenters. The number of carbonyl (C=O) groups is 4. The smallest absolute Gasteiger partial charge is 0.316 e. The number of thiazole rings is 1. The minimum Gasteiger partial charge on any atom is -0.481 e. The Balaban J connectivity index is 0. The van der Waals surface area contributed by atoms with Crippen LogP contribution >= 0.6 is 34.9 Å². The van der Waals surface area contributed by atoms with E-state index in [0.717, 1.165) is 49.2 Å². The van der Waals surface area contributed by atoms with Crippen LogP contribution in [0.2, 0.25) is 0 Å². The van der Waals surface area contributed by atoms with Crippen molar-refractivity contribution in [3.05, 3.63) is 22.2 Å². The highest BCUT2D eigenvalue weighted by Gasteiger charge is 2.33. The SMILES string of the molecule is C/C=C\c1csc(C)n1.CC.CC(C)(C)OCCC(C)(C)SCC(=O)O.CC1CCCNC(=O)CC(OC(=O)CSC(C)(C)CCOC(C)(C)C)C(C)C(=O)C(C)CC(C)CCC1. The lowest BCUT2D eigenvalue weighted by atomic mass is 9.83. The molecule has 0 spiro atoms. The van der Waals surface area contributed by atoms with Crippen LogP contribution in [0.4, 0.5) is 0 Å². The molecule has 1 amide bonds. The van der Waals surface area contributed by atoms with E-state index in [0.29, 0.717) is 31.6 Å². The molecule has 2 heterocycles. The molecule has 1 aliphatic heterocycles. The van der Waals surface area contributed by atoms with Crippen molar-refractivity contribution in [3.8, 4) is 0 Å². The molecule has 0 radical (unpaired) electrons. The second-order valence-electron chi connectivity index (χ2n) is 19.9. The van der Waals surface area contributed by atoms with Crippen molar-refractivity contribution in [3.63, 3.8) is 0 Å². The molecule has 0 bridgehead atoms. The number of carboxylic acids is 1. The third kappa shape index (κ3) is 35.9. The van der Waals surface area contributed by atoms with E-state index in [1.165, 1.54) is 36.4 Å². The molecule has 1 fully saturated rings. The van der Waals surface area contributed by atoms with Gasteiger partial charge in [-0.2, -0.15) is 0 Å². The number of allylic oxidation sites excluding steroid dienone is 1. The number of hydrogen-bond donors (Lipinski definition) is 2. The van der Waals surface area contributed by atoms with Crippen molar-refractivity contribution in [1.29, 1.82) is 0 Å². The van der Waals surface area contributed by atoms with E-state index in [4.69, 9.17) is 19.3 Å². The van der Waals surface area contributed by atoms with Crippen LogP contribution in [0.5, 0.6) is 0 Å². The number of rotatable bonds is 14. The number of esters is 1. The molecular formula is C50H92N2O8S3. The Hall–Kier alpha value is -1.93. The van der Waals surface area contributed by atoms with Crippen LogP contribution in [0.1, 0.15) is 186 Å². The summed E-state index contributed by atoms with van der Waals surface area (Å²) in [5, 5.41) is 14.7. The number of amides is 1. The largest absolute Gasteiger partial charge is 0.481 e. The van der Waals surface area contributed by atoms with Crippen molar-refractivity contribution < 1.29 is 38.5 Å². The highest BCUT2D eigenvalue weighted by molar-refractivity contribution is 8.01. The Morgan fingerprint density at radius 1 is 0.841 bits per heavy atom. The maximum atomic E-state index is 13.3. The number of nitrogens with one attached hydrogen (secondary N) is 1. The molecule has 1 saturated heterocycles. The fourth-order valence-electron chi connectivity index (χ4n) is 6.37. The van der Waals surface area contributed by atoms with Gasteiger partial charge in [0.25, 0.3) is 0 Å². The second-order valence-corrected chi connectivity index (χ2v) is 24.3. The van der Waals surface area contributed by atoms with Gasteiger partial charge in [0.2, 0.25) is 5.91 Å². The third-order valence-corrected chi connectivity index (χ3v) is 13.7. The number of hydrogen-bond acceptors (Lipinski definition) is 11. The van der Waals surface area contributed by atoms with Crippen LogP contribution in [0.25, 0.3) is 6.08 Å². The average Bonchev–Trinajstić information content (AvgIpc) is 3.58. The van der Waals surface area contributed by atoms with Gasteiger partial charge in [-0.25, -0.2) is 4.98 Å². The number of carboxylic acid groups (broad SMARTS) is 1. The Morgan fingerprint density at radius 3 is 1.83 bits per heavy atom. The predicted molar refractivity (Wildman–Crippen MR) is 271 cm³/mol. The first-order valence-corrected chi connectivity index (χ1v) is 26.2. The molecule has 2 rings (SSSR count). The summed E-state index contributed by atoms with van der Waals surface area (Å²) in [5.41, 5.74) is 0.758. The zero-order valence-corrected chi connectivity index (χ0v) is 45.4. The summed E-state index contributed by atoms with van der Waals surface area (Å²) in [5.74, 6) is -0.451. The number of aromatic nitrogens is 1. The number of carbonyl (C=O) groups excluding carboxylic acids is 3. The number of nitrogens with zero attached hydrogens (tertiary/aromatic N) is 1. The van der Waals surface area contributed by atoms with Gasteiger partial charge in [-0.05, 0) is 105 Å².